The first-order valence-corrected chi connectivity index (χ1v) is 11.1. The molecule has 1 heterocycles. The molecule has 1 saturated heterocycles. The minimum absolute atomic E-state index is 0.0223. The first-order chi connectivity index (χ1) is 14.3. The molecule has 1 aliphatic rings. The first kappa shape index (κ1) is 21.7. The number of rotatable bonds is 7. The van der Waals surface area contributed by atoms with Crippen molar-refractivity contribution in [2.45, 2.75) is 31.1 Å². The number of nitrogens with zero attached hydrogens (tertiary/aromatic N) is 2. The van der Waals surface area contributed by atoms with Gasteiger partial charge in [0.1, 0.15) is 0 Å². The third kappa shape index (κ3) is 4.95. The largest absolute Gasteiger partial charge is 0.376 e. The number of hydrogen-bond donors (Lipinski definition) is 2. The third-order valence-electron chi connectivity index (χ3n) is 5.03. The Morgan fingerprint density at radius 1 is 1.10 bits per heavy atom. The molecule has 2 N–H and O–H groups in total. The van der Waals surface area contributed by atoms with Crippen molar-refractivity contribution in [2.75, 3.05) is 30.3 Å². The Hall–Kier alpha value is -2.98. The molecule has 1 fully saturated rings. The molecule has 0 atom stereocenters. The predicted molar refractivity (Wildman–Crippen MR) is 114 cm³/mol. The Morgan fingerprint density at radius 3 is 2.40 bits per heavy atom. The normalized spacial score (nSPS) is 14.8. The number of carbonyl (C=O) groups excluding carboxylic acids is 1. The van der Waals surface area contributed by atoms with Crippen LogP contribution in [0.25, 0.3) is 0 Å². The van der Waals surface area contributed by atoms with Crippen molar-refractivity contribution < 1.29 is 18.1 Å². The molecule has 1 amide bonds. The molecular weight excluding hydrogens is 408 g/mol. The molecule has 10 heteroatoms. The number of nitro groups is 1. The maximum Gasteiger partial charge on any atom is 0.274 e. The van der Waals surface area contributed by atoms with Gasteiger partial charge in [-0.25, -0.2) is 8.42 Å². The molecule has 160 valence electrons. The highest BCUT2D eigenvalue weighted by atomic mass is 32.2. The molecule has 2 aromatic carbocycles. The fourth-order valence-corrected chi connectivity index (χ4v) is 4.88. The van der Waals surface area contributed by atoms with Crippen LogP contribution in [-0.4, -0.2) is 43.2 Å². The van der Waals surface area contributed by atoms with Crippen LogP contribution in [0.5, 0.6) is 0 Å². The minimum atomic E-state index is -3.52. The van der Waals surface area contributed by atoms with Gasteiger partial charge in [0.15, 0.2) is 0 Å². The van der Waals surface area contributed by atoms with E-state index >= 15 is 0 Å². The summed E-state index contributed by atoms with van der Waals surface area (Å²) in [6, 6.07) is 10.7. The number of carbonyl (C=O) groups is 1. The van der Waals surface area contributed by atoms with E-state index in [2.05, 4.69) is 10.6 Å². The Labute approximate surface area is 175 Å². The van der Waals surface area contributed by atoms with E-state index in [-0.39, 0.29) is 23.0 Å². The first-order valence-electron chi connectivity index (χ1n) is 9.67. The lowest BCUT2D eigenvalue weighted by atomic mass is 10.1. The second-order valence-corrected chi connectivity index (χ2v) is 9.04. The van der Waals surface area contributed by atoms with E-state index in [1.807, 2.05) is 0 Å². The van der Waals surface area contributed by atoms with E-state index < -0.39 is 14.9 Å². The Morgan fingerprint density at radius 2 is 1.77 bits per heavy atom. The SMILES string of the molecule is Cc1c(NCC(=O)Nc2ccc(S(=O)(=O)N3CCCCC3)cc2)cccc1[N+](=O)[O-]. The van der Waals surface area contributed by atoms with Crippen molar-refractivity contribution in [3.8, 4) is 0 Å². The molecule has 2 aromatic rings. The average Bonchev–Trinajstić information content (AvgIpc) is 2.74. The maximum atomic E-state index is 12.7. The second-order valence-electron chi connectivity index (χ2n) is 7.10. The van der Waals surface area contributed by atoms with Gasteiger partial charge in [-0.05, 0) is 50.1 Å². The van der Waals surface area contributed by atoms with Gasteiger partial charge < -0.3 is 10.6 Å². The maximum absolute atomic E-state index is 12.7. The number of nitro benzene ring substituents is 1. The van der Waals surface area contributed by atoms with Crippen molar-refractivity contribution in [1.82, 2.24) is 4.31 Å². The Kier molecular flexibility index (Phi) is 6.68. The molecule has 0 bridgehead atoms. The summed E-state index contributed by atoms with van der Waals surface area (Å²) in [7, 11) is -3.52. The quantitative estimate of drug-likeness (QED) is 0.512. The van der Waals surface area contributed by atoms with Crippen LogP contribution in [0.1, 0.15) is 24.8 Å². The molecule has 9 nitrogen and oxygen atoms in total. The number of benzene rings is 2. The van der Waals surface area contributed by atoms with Crippen LogP contribution in [0.15, 0.2) is 47.4 Å². The second kappa shape index (κ2) is 9.23. The summed E-state index contributed by atoms with van der Waals surface area (Å²) in [5.74, 6) is -0.354. The smallest absolute Gasteiger partial charge is 0.274 e. The molecular formula is C20H24N4O5S. The van der Waals surface area contributed by atoms with Gasteiger partial charge in [0.05, 0.1) is 16.4 Å². The standard InChI is InChI=1S/C20H24N4O5S/c1-15-18(6-5-7-19(15)24(26)27)21-14-20(25)22-16-8-10-17(11-9-16)30(28,29)23-12-3-2-4-13-23/h5-11,21H,2-4,12-14H2,1H3,(H,22,25). The van der Waals surface area contributed by atoms with Crippen molar-refractivity contribution >= 4 is 33.0 Å². The predicted octanol–water partition coefficient (Wildman–Crippen LogP) is 3.13. The molecule has 0 spiro atoms. The van der Waals surface area contributed by atoms with E-state index in [4.69, 9.17) is 0 Å². The van der Waals surface area contributed by atoms with Gasteiger partial charge >= 0.3 is 0 Å². The molecule has 0 radical (unpaired) electrons. The lowest BCUT2D eigenvalue weighted by Crippen LogP contribution is -2.35. The number of piperidine rings is 1. The minimum Gasteiger partial charge on any atom is -0.376 e. The van der Waals surface area contributed by atoms with Gasteiger partial charge in [0.2, 0.25) is 15.9 Å². The monoisotopic (exact) mass is 432 g/mol. The highest BCUT2D eigenvalue weighted by Gasteiger charge is 2.25. The van der Waals surface area contributed by atoms with E-state index in [9.17, 15) is 23.3 Å². The van der Waals surface area contributed by atoms with Gasteiger partial charge in [0, 0.05) is 36.1 Å². The number of amides is 1. The fourth-order valence-electron chi connectivity index (χ4n) is 3.36. The molecule has 0 aliphatic carbocycles. The van der Waals surface area contributed by atoms with Crippen molar-refractivity contribution in [2.24, 2.45) is 0 Å². The average molecular weight is 433 g/mol. The van der Waals surface area contributed by atoms with E-state index in [1.165, 1.54) is 22.5 Å². The van der Waals surface area contributed by atoms with Crippen LogP contribution in [0.2, 0.25) is 0 Å². The van der Waals surface area contributed by atoms with Crippen LogP contribution >= 0.6 is 0 Å². The van der Waals surface area contributed by atoms with Gasteiger partial charge in [-0.3, -0.25) is 14.9 Å². The van der Waals surface area contributed by atoms with Crippen LogP contribution < -0.4 is 10.6 Å². The lowest BCUT2D eigenvalue weighted by molar-refractivity contribution is -0.385. The zero-order valence-electron chi connectivity index (χ0n) is 16.6. The van der Waals surface area contributed by atoms with Gasteiger partial charge in [0.25, 0.3) is 5.69 Å². The van der Waals surface area contributed by atoms with Gasteiger partial charge in [-0.1, -0.05) is 12.5 Å². The Bertz CT molecular complexity index is 1030. The molecule has 3 rings (SSSR count). The van der Waals surface area contributed by atoms with E-state index in [0.29, 0.717) is 30.0 Å². The third-order valence-corrected chi connectivity index (χ3v) is 6.95. The zero-order valence-corrected chi connectivity index (χ0v) is 17.4. The molecule has 0 saturated carbocycles. The van der Waals surface area contributed by atoms with Gasteiger partial charge in [-0.2, -0.15) is 4.31 Å². The summed E-state index contributed by atoms with van der Waals surface area (Å²) < 4.78 is 26.8. The zero-order chi connectivity index (χ0) is 21.7. The summed E-state index contributed by atoms with van der Waals surface area (Å²) in [6.07, 6.45) is 2.77. The number of nitrogens with one attached hydrogen (secondary N) is 2. The number of anilines is 2. The molecule has 1 aliphatic heterocycles. The van der Waals surface area contributed by atoms with Crippen molar-refractivity contribution in [3.05, 3.63) is 58.1 Å². The molecule has 0 aromatic heterocycles. The lowest BCUT2D eigenvalue weighted by Gasteiger charge is -2.25. The summed E-state index contributed by atoms with van der Waals surface area (Å²) in [5.41, 5.74) is 1.39. The summed E-state index contributed by atoms with van der Waals surface area (Å²) in [6.45, 7) is 2.59. The topological polar surface area (TPSA) is 122 Å². The Balaban J connectivity index is 1.60. The van der Waals surface area contributed by atoms with Crippen molar-refractivity contribution in [3.63, 3.8) is 0 Å². The highest BCUT2D eigenvalue weighted by Crippen LogP contribution is 2.25. The van der Waals surface area contributed by atoms with Crippen molar-refractivity contribution in [1.29, 1.82) is 0 Å². The number of hydrogen-bond acceptors (Lipinski definition) is 6. The highest BCUT2D eigenvalue weighted by molar-refractivity contribution is 7.89. The molecule has 0 unspecified atom stereocenters. The summed E-state index contributed by atoms with van der Waals surface area (Å²) in [5, 5.41) is 16.6. The van der Waals surface area contributed by atoms with Crippen LogP contribution in [0.3, 0.4) is 0 Å². The summed E-state index contributed by atoms with van der Waals surface area (Å²) in [4.78, 5) is 22.9. The summed E-state index contributed by atoms with van der Waals surface area (Å²) >= 11 is 0. The van der Waals surface area contributed by atoms with Crippen LogP contribution in [0, 0.1) is 17.0 Å². The van der Waals surface area contributed by atoms with Crippen LogP contribution in [-0.2, 0) is 14.8 Å². The van der Waals surface area contributed by atoms with E-state index in [0.717, 1.165) is 19.3 Å². The van der Waals surface area contributed by atoms with Crippen LogP contribution in [0.4, 0.5) is 17.1 Å². The molecule has 30 heavy (non-hydrogen) atoms. The van der Waals surface area contributed by atoms with E-state index in [1.54, 1.807) is 31.2 Å². The van der Waals surface area contributed by atoms with Gasteiger partial charge in [-0.15, -0.1) is 0 Å². The number of sulfonamides is 1. The fraction of sp³-hybridized carbons (Fsp3) is 0.350.